The zero-order chi connectivity index (χ0) is 19.2. The Kier molecular flexibility index (Phi) is 4.66. The third-order valence-corrected chi connectivity index (χ3v) is 6.55. The van der Waals surface area contributed by atoms with Gasteiger partial charge in [0.2, 0.25) is 10.0 Å². The van der Waals surface area contributed by atoms with E-state index in [1.54, 1.807) is 32.4 Å². The van der Waals surface area contributed by atoms with Gasteiger partial charge in [-0.15, -0.1) is 0 Å². The molecule has 0 radical (unpaired) electrons. The Bertz CT molecular complexity index is 943. The summed E-state index contributed by atoms with van der Waals surface area (Å²) in [5.74, 6) is 0.400. The van der Waals surface area contributed by atoms with Crippen molar-refractivity contribution >= 4 is 15.9 Å². The largest absolute Gasteiger partial charge is 0.343 e. The van der Waals surface area contributed by atoms with Crippen LogP contribution in [0.15, 0.2) is 29.3 Å². The van der Waals surface area contributed by atoms with Crippen LogP contribution < -0.4 is 0 Å². The first-order chi connectivity index (χ1) is 12.1. The molecule has 0 saturated heterocycles. The summed E-state index contributed by atoms with van der Waals surface area (Å²) in [4.78, 5) is 18.3. The van der Waals surface area contributed by atoms with Crippen molar-refractivity contribution in [2.45, 2.75) is 38.3 Å². The summed E-state index contributed by atoms with van der Waals surface area (Å²) in [5.41, 5.74) is 2.16. The molecule has 0 N–H and O–H groups in total. The average molecular weight is 376 g/mol. The molecule has 140 valence electrons. The quantitative estimate of drug-likeness (QED) is 0.821. The van der Waals surface area contributed by atoms with Gasteiger partial charge in [0, 0.05) is 33.4 Å². The Morgan fingerprint density at radius 2 is 1.77 bits per heavy atom. The molecule has 1 amide bonds. The van der Waals surface area contributed by atoms with Crippen LogP contribution in [-0.4, -0.2) is 53.7 Å². The number of nitrogens with zero attached hydrogens (tertiary/aromatic N) is 4. The molecule has 1 aliphatic rings. The number of benzene rings is 1. The maximum absolute atomic E-state index is 13.2. The van der Waals surface area contributed by atoms with E-state index < -0.39 is 16.1 Å². The van der Waals surface area contributed by atoms with Crippen molar-refractivity contribution < 1.29 is 13.2 Å². The van der Waals surface area contributed by atoms with Crippen molar-refractivity contribution in [2.75, 3.05) is 20.6 Å². The molecule has 3 rings (SSSR count). The molecule has 0 spiro atoms. The van der Waals surface area contributed by atoms with E-state index >= 15 is 0 Å². The molecule has 7 nitrogen and oxygen atoms in total. The maximum Gasteiger partial charge on any atom is 0.273 e. The minimum Gasteiger partial charge on any atom is -0.343 e. The van der Waals surface area contributed by atoms with E-state index in [0.717, 1.165) is 11.1 Å². The second kappa shape index (κ2) is 6.51. The number of aromatic nitrogens is 2. The van der Waals surface area contributed by atoms with E-state index in [4.69, 9.17) is 0 Å². The lowest BCUT2D eigenvalue weighted by molar-refractivity contribution is 0.0822. The molecule has 1 aromatic heterocycles. The Morgan fingerprint density at radius 1 is 1.15 bits per heavy atom. The number of hydrogen-bond acceptors (Lipinski definition) is 4. The smallest absolute Gasteiger partial charge is 0.273 e. The van der Waals surface area contributed by atoms with Crippen LogP contribution in [0.1, 0.15) is 40.4 Å². The summed E-state index contributed by atoms with van der Waals surface area (Å²) in [7, 11) is -0.306. The lowest BCUT2D eigenvalue weighted by atomic mass is 10.2. The van der Waals surface area contributed by atoms with Gasteiger partial charge in [0.05, 0.1) is 10.9 Å². The second-order valence-electron chi connectivity index (χ2n) is 6.99. The standard InChI is InChI=1S/C18H24N4O3S/c1-12-8-13(2)10-15(9-12)26(24,25)22-7-6-21-11-16(18(23)20(4)5)19-17(21)14(22)3/h8-11,14H,6-7H2,1-5H3/t14-/m1/s1. The molecule has 8 heteroatoms. The van der Waals surface area contributed by atoms with Crippen molar-refractivity contribution in [3.63, 3.8) is 0 Å². The number of amides is 1. The van der Waals surface area contributed by atoms with Gasteiger partial charge in [-0.2, -0.15) is 4.31 Å². The zero-order valence-corrected chi connectivity index (χ0v) is 16.5. The van der Waals surface area contributed by atoms with E-state index in [0.29, 0.717) is 29.5 Å². The molecule has 0 aliphatic carbocycles. The molecule has 0 saturated carbocycles. The van der Waals surface area contributed by atoms with Gasteiger partial charge in [0.1, 0.15) is 11.5 Å². The second-order valence-corrected chi connectivity index (χ2v) is 8.88. The molecule has 0 unspecified atom stereocenters. The predicted octanol–water partition coefficient (Wildman–Crippen LogP) is 1.97. The molecule has 1 atom stereocenters. The molecule has 0 fully saturated rings. The van der Waals surface area contributed by atoms with Crippen LogP contribution in [-0.2, 0) is 16.6 Å². The van der Waals surface area contributed by atoms with E-state index in [9.17, 15) is 13.2 Å². The first-order valence-corrected chi connectivity index (χ1v) is 9.94. The van der Waals surface area contributed by atoms with Crippen LogP contribution in [0.5, 0.6) is 0 Å². The van der Waals surface area contributed by atoms with Crippen LogP contribution in [0.2, 0.25) is 0 Å². The molecule has 1 aromatic carbocycles. The van der Waals surface area contributed by atoms with E-state index in [1.165, 1.54) is 9.21 Å². The molecule has 2 heterocycles. The molecular formula is C18H24N4O3S. The molecular weight excluding hydrogens is 352 g/mol. The Labute approximate surface area is 154 Å². The Balaban J connectivity index is 1.98. The van der Waals surface area contributed by atoms with Crippen molar-refractivity contribution in [3.8, 4) is 0 Å². The minimum absolute atomic E-state index is 0.192. The lowest BCUT2D eigenvalue weighted by Crippen LogP contribution is -2.41. The van der Waals surface area contributed by atoms with E-state index in [2.05, 4.69) is 4.98 Å². The van der Waals surface area contributed by atoms with Gasteiger partial charge >= 0.3 is 0 Å². The average Bonchev–Trinajstić information content (AvgIpc) is 2.98. The number of imidazole rings is 1. The number of aryl methyl sites for hydroxylation is 2. The first-order valence-electron chi connectivity index (χ1n) is 8.50. The van der Waals surface area contributed by atoms with E-state index in [1.807, 2.05) is 31.4 Å². The fourth-order valence-corrected chi connectivity index (χ4v) is 5.12. The van der Waals surface area contributed by atoms with Gasteiger partial charge in [-0.25, -0.2) is 13.4 Å². The molecule has 0 bridgehead atoms. The fraction of sp³-hybridized carbons (Fsp3) is 0.444. The summed E-state index contributed by atoms with van der Waals surface area (Å²) >= 11 is 0. The third-order valence-electron chi connectivity index (χ3n) is 4.60. The van der Waals surface area contributed by atoms with Crippen LogP contribution in [0.3, 0.4) is 0 Å². The van der Waals surface area contributed by atoms with Crippen molar-refractivity contribution in [2.24, 2.45) is 0 Å². The van der Waals surface area contributed by atoms with Gasteiger partial charge in [-0.3, -0.25) is 4.79 Å². The van der Waals surface area contributed by atoms with Gasteiger partial charge in [0.25, 0.3) is 5.91 Å². The van der Waals surface area contributed by atoms with E-state index in [-0.39, 0.29) is 5.91 Å². The minimum atomic E-state index is -3.64. The maximum atomic E-state index is 13.2. The number of hydrogen-bond donors (Lipinski definition) is 0. The molecule has 26 heavy (non-hydrogen) atoms. The summed E-state index contributed by atoms with van der Waals surface area (Å²) in [5, 5.41) is 0. The van der Waals surface area contributed by atoms with Gasteiger partial charge in [0.15, 0.2) is 0 Å². The number of carbonyl (C=O) groups is 1. The Morgan fingerprint density at radius 3 is 2.35 bits per heavy atom. The van der Waals surface area contributed by atoms with Crippen LogP contribution >= 0.6 is 0 Å². The Hall–Kier alpha value is -2.19. The number of sulfonamides is 1. The van der Waals surface area contributed by atoms with Gasteiger partial charge in [-0.1, -0.05) is 6.07 Å². The summed E-state index contributed by atoms with van der Waals surface area (Å²) in [6.45, 7) is 6.39. The summed E-state index contributed by atoms with van der Waals surface area (Å²) in [6, 6.07) is 4.89. The van der Waals surface area contributed by atoms with Crippen LogP contribution in [0.25, 0.3) is 0 Å². The van der Waals surface area contributed by atoms with Crippen molar-refractivity contribution in [3.05, 3.63) is 47.0 Å². The van der Waals surface area contributed by atoms with Gasteiger partial charge in [-0.05, 0) is 44.0 Å². The number of carbonyl (C=O) groups excluding carboxylic acids is 1. The van der Waals surface area contributed by atoms with Crippen LogP contribution in [0.4, 0.5) is 0 Å². The topological polar surface area (TPSA) is 75.5 Å². The lowest BCUT2D eigenvalue weighted by Gasteiger charge is -2.32. The predicted molar refractivity (Wildman–Crippen MR) is 98.5 cm³/mol. The highest BCUT2D eigenvalue weighted by molar-refractivity contribution is 7.89. The monoisotopic (exact) mass is 376 g/mol. The summed E-state index contributed by atoms with van der Waals surface area (Å²) < 4.78 is 29.7. The fourth-order valence-electron chi connectivity index (χ4n) is 3.35. The van der Waals surface area contributed by atoms with Gasteiger partial charge < -0.3 is 9.47 Å². The highest BCUT2D eigenvalue weighted by Gasteiger charge is 2.36. The molecule has 2 aromatic rings. The first kappa shape index (κ1) is 18.6. The normalized spacial score (nSPS) is 17.8. The SMILES string of the molecule is Cc1cc(C)cc(S(=O)(=O)N2CCn3cc(C(=O)N(C)C)nc3[C@H]2C)c1. The van der Waals surface area contributed by atoms with Crippen molar-refractivity contribution in [1.29, 1.82) is 0 Å². The van der Waals surface area contributed by atoms with Crippen LogP contribution in [0, 0.1) is 13.8 Å². The zero-order valence-electron chi connectivity index (χ0n) is 15.7. The highest BCUT2D eigenvalue weighted by atomic mass is 32.2. The highest BCUT2D eigenvalue weighted by Crippen LogP contribution is 2.31. The van der Waals surface area contributed by atoms with Crippen molar-refractivity contribution in [1.82, 2.24) is 18.8 Å². The summed E-state index contributed by atoms with van der Waals surface area (Å²) in [6.07, 6.45) is 1.70. The molecule has 1 aliphatic heterocycles. The number of fused-ring (bicyclic) bond motifs is 1. The number of rotatable bonds is 3. The third kappa shape index (κ3) is 3.14.